The minimum absolute atomic E-state index is 0.285. The standard InChI is InChI=1S/C25H24N2O5S/c1-17(2)24(25(28)29)27(33(30)31)22-10-6-20(7-11-22)21-8-12-23(13-9-21)32-16-19-5-3-4-18(14-19)15-26/h3-14,17,24H,16H2,1-2H3,(H,28,29)(H,30,31)/p-1. The van der Waals surface area contributed by atoms with Crippen molar-refractivity contribution in [1.29, 1.82) is 5.26 Å². The lowest BCUT2D eigenvalue weighted by Crippen LogP contribution is -2.45. The number of benzene rings is 3. The van der Waals surface area contributed by atoms with Gasteiger partial charge >= 0.3 is 5.97 Å². The molecule has 0 radical (unpaired) electrons. The number of aliphatic carboxylic acids is 1. The van der Waals surface area contributed by atoms with E-state index < -0.39 is 29.2 Å². The van der Waals surface area contributed by atoms with Gasteiger partial charge < -0.3 is 14.4 Å². The summed E-state index contributed by atoms with van der Waals surface area (Å²) in [6.07, 6.45) is 0. The maximum atomic E-state index is 11.8. The molecule has 8 heteroatoms. The van der Waals surface area contributed by atoms with Crippen molar-refractivity contribution in [3.63, 3.8) is 0 Å². The lowest BCUT2D eigenvalue weighted by atomic mass is 10.0. The molecule has 3 rings (SSSR count). The van der Waals surface area contributed by atoms with Crippen LogP contribution in [0.15, 0.2) is 72.8 Å². The largest absolute Gasteiger partial charge is 0.755 e. The third-order valence-corrected chi connectivity index (χ3v) is 5.83. The van der Waals surface area contributed by atoms with Gasteiger partial charge in [0.05, 0.1) is 11.6 Å². The van der Waals surface area contributed by atoms with E-state index in [1.54, 1.807) is 50.2 Å². The summed E-state index contributed by atoms with van der Waals surface area (Å²) in [7, 11) is 0. The van der Waals surface area contributed by atoms with Crippen molar-refractivity contribution in [1.82, 2.24) is 0 Å². The first-order valence-electron chi connectivity index (χ1n) is 10.2. The van der Waals surface area contributed by atoms with Crippen molar-refractivity contribution in [2.75, 3.05) is 4.31 Å². The fourth-order valence-electron chi connectivity index (χ4n) is 3.44. The zero-order valence-electron chi connectivity index (χ0n) is 18.2. The molecule has 7 nitrogen and oxygen atoms in total. The number of hydrogen-bond acceptors (Lipinski definition) is 5. The van der Waals surface area contributed by atoms with Crippen LogP contribution in [0.1, 0.15) is 25.0 Å². The Hall–Kier alpha value is -3.67. The third-order valence-electron chi connectivity index (χ3n) is 5.07. The number of anilines is 1. The van der Waals surface area contributed by atoms with E-state index in [-0.39, 0.29) is 5.69 Å². The van der Waals surface area contributed by atoms with Gasteiger partial charge in [-0.3, -0.25) is 8.51 Å². The smallest absolute Gasteiger partial charge is 0.327 e. The molecule has 0 aliphatic heterocycles. The molecule has 2 atom stereocenters. The summed E-state index contributed by atoms with van der Waals surface area (Å²) >= 11 is -2.73. The van der Waals surface area contributed by atoms with E-state index in [2.05, 4.69) is 6.07 Å². The molecule has 0 aliphatic rings. The van der Waals surface area contributed by atoms with E-state index in [1.165, 1.54) is 0 Å². The van der Waals surface area contributed by atoms with E-state index in [1.807, 2.05) is 36.4 Å². The molecule has 33 heavy (non-hydrogen) atoms. The SMILES string of the molecule is CC(C)C(C(=O)O)N(c1ccc(-c2ccc(OCc3cccc(C#N)c3)cc2)cc1)S(=O)[O-]. The Kier molecular flexibility index (Phi) is 7.83. The minimum atomic E-state index is -2.73. The number of carbonyl (C=O) groups is 1. The molecule has 0 saturated heterocycles. The van der Waals surface area contributed by atoms with Gasteiger partial charge in [-0.1, -0.05) is 50.2 Å². The van der Waals surface area contributed by atoms with E-state index in [0.717, 1.165) is 21.0 Å². The highest BCUT2D eigenvalue weighted by atomic mass is 32.2. The lowest BCUT2D eigenvalue weighted by molar-refractivity contribution is -0.139. The van der Waals surface area contributed by atoms with Crippen LogP contribution in [0, 0.1) is 17.2 Å². The van der Waals surface area contributed by atoms with Crippen LogP contribution < -0.4 is 9.04 Å². The number of ether oxygens (including phenoxy) is 1. The second-order valence-corrected chi connectivity index (χ2v) is 8.57. The summed E-state index contributed by atoms with van der Waals surface area (Å²) in [4.78, 5) is 11.6. The van der Waals surface area contributed by atoms with E-state index >= 15 is 0 Å². The van der Waals surface area contributed by atoms with Crippen LogP contribution in [0.25, 0.3) is 11.1 Å². The molecule has 1 N–H and O–H groups in total. The van der Waals surface area contributed by atoms with Crippen LogP contribution >= 0.6 is 0 Å². The first-order chi connectivity index (χ1) is 15.8. The molecule has 3 aromatic carbocycles. The molecule has 0 bridgehead atoms. The Labute approximate surface area is 195 Å². The summed E-state index contributed by atoms with van der Waals surface area (Å²) in [6.45, 7) is 3.67. The summed E-state index contributed by atoms with van der Waals surface area (Å²) in [5, 5.41) is 18.5. The monoisotopic (exact) mass is 463 g/mol. The Morgan fingerprint density at radius 2 is 1.70 bits per heavy atom. The van der Waals surface area contributed by atoms with Crippen LogP contribution in [-0.4, -0.2) is 25.9 Å². The van der Waals surface area contributed by atoms with Crippen LogP contribution in [0.4, 0.5) is 5.69 Å². The number of carboxylic acids is 1. The summed E-state index contributed by atoms with van der Waals surface area (Å²) in [6, 6.07) is 22.2. The molecular weight excluding hydrogens is 440 g/mol. The molecule has 0 aliphatic carbocycles. The highest BCUT2D eigenvalue weighted by Crippen LogP contribution is 2.28. The van der Waals surface area contributed by atoms with Gasteiger partial charge in [0.1, 0.15) is 18.4 Å². The first kappa shape index (κ1) is 24.0. The van der Waals surface area contributed by atoms with Crippen LogP contribution in [0.2, 0.25) is 0 Å². The molecule has 0 fully saturated rings. The van der Waals surface area contributed by atoms with Gasteiger partial charge in [-0.05, 0) is 59.0 Å². The number of carboxylic acid groups (broad SMARTS) is 1. The average Bonchev–Trinajstić information content (AvgIpc) is 2.81. The van der Waals surface area contributed by atoms with Crippen molar-refractivity contribution in [2.24, 2.45) is 5.92 Å². The highest BCUT2D eigenvalue weighted by molar-refractivity contribution is 7.80. The summed E-state index contributed by atoms with van der Waals surface area (Å²) in [5.74, 6) is -0.935. The molecule has 170 valence electrons. The van der Waals surface area contributed by atoms with Crippen LogP contribution in [0.5, 0.6) is 5.75 Å². The van der Waals surface area contributed by atoms with E-state index in [9.17, 15) is 18.7 Å². The quantitative estimate of drug-likeness (QED) is 0.467. The normalized spacial score (nSPS) is 12.6. The molecule has 3 aromatic rings. The first-order valence-corrected chi connectivity index (χ1v) is 11.3. The third kappa shape index (κ3) is 5.98. The fourth-order valence-corrected chi connectivity index (χ4v) is 4.25. The lowest BCUT2D eigenvalue weighted by Gasteiger charge is -2.34. The van der Waals surface area contributed by atoms with Gasteiger partial charge in [0, 0.05) is 17.0 Å². The highest BCUT2D eigenvalue weighted by Gasteiger charge is 2.30. The van der Waals surface area contributed by atoms with Crippen molar-refractivity contribution in [3.05, 3.63) is 83.9 Å². The second-order valence-electron chi connectivity index (χ2n) is 7.74. The maximum absolute atomic E-state index is 11.8. The van der Waals surface area contributed by atoms with Gasteiger partial charge in [-0.2, -0.15) is 5.26 Å². The zero-order chi connectivity index (χ0) is 24.0. The molecule has 0 heterocycles. The molecule has 2 unspecified atom stereocenters. The average molecular weight is 464 g/mol. The van der Waals surface area contributed by atoms with Crippen molar-refractivity contribution < 1.29 is 23.4 Å². The molecule has 0 spiro atoms. The predicted molar refractivity (Wildman–Crippen MR) is 125 cm³/mol. The Balaban J connectivity index is 1.73. The molecular formula is C25H23N2O5S-. The Bertz CT molecular complexity index is 1170. The fraction of sp³-hybridized carbons (Fsp3) is 0.200. The Morgan fingerprint density at radius 3 is 2.21 bits per heavy atom. The van der Waals surface area contributed by atoms with Gasteiger partial charge in [-0.15, -0.1) is 0 Å². The number of nitrogens with zero attached hydrogens (tertiary/aromatic N) is 2. The summed E-state index contributed by atoms with van der Waals surface area (Å²) < 4.78 is 30.2. The summed E-state index contributed by atoms with van der Waals surface area (Å²) in [5.41, 5.74) is 3.51. The second kappa shape index (κ2) is 10.8. The number of hydrogen-bond donors (Lipinski definition) is 1. The topological polar surface area (TPSA) is 114 Å². The van der Waals surface area contributed by atoms with Crippen LogP contribution in [-0.2, 0) is 22.7 Å². The molecule has 0 saturated carbocycles. The van der Waals surface area contributed by atoms with Crippen molar-refractivity contribution in [2.45, 2.75) is 26.5 Å². The van der Waals surface area contributed by atoms with Crippen LogP contribution in [0.3, 0.4) is 0 Å². The number of rotatable bonds is 9. The Morgan fingerprint density at radius 1 is 1.09 bits per heavy atom. The number of nitriles is 1. The molecule has 0 aromatic heterocycles. The molecule has 0 amide bonds. The maximum Gasteiger partial charge on any atom is 0.327 e. The predicted octanol–water partition coefficient (Wildman–Crippen LogP) is 4.51. The van der Waals surface area contributed by atoms with Gasteiger partial charge in [0.2, 0.25) is 0 Å². The zero-order valence-corrected chi connectivity index (χ0v) is 19.0. The van der Waals surface area contributed by atoms with Crippen molar-refractivity contribution >= 4 is 22.9 Å². The van der Waals surface area contributed by atoms with Gasteiger partial charge in [0.25, 0.3) is 0 Å². The van der Waals surface area contributed by atoms with Crippen molar-refractivity contribution in [3.8, 4) is 22.9 Å². The minimum Gasteiger partial charge on any atom is -0.755 e. The van der Waals surface area contributed by atoms with Gasteiger partial charge in [0.15, 0.2) is 0 Å². The van der Waals surface area contributed by atoms with E-state index in [0.29, 0.717) is 17.9 Å². The van der Waals surface area contributed by atoms with Gasteiger partial charge in [-0.25, -0.2) is 4.79 Å². The van der Waals surface area contributed by atoms with E-state index in [4.69, 9.17) is 10.00 Å².